The maximum absolute atomic E-state index is 13.6. The fourth-order valence-electron chi connectivity index (χ4n) is 4.46. The third kappa shape index (κ3) is 5.48. The number of unbranched alkanes of at least 4 members (excludes halogenated alkanes) is 1. The Bertz CT molecular complexity index is 1010. The molecule has 174 valence electrons. The van der Waals surface area contributed by atoms with Crippen molar-refractivity contribution < 1.29 is 4.79 Å². The number of aromatic nitrogens is 2. The van der Waals surface area contributed by atoms with Crippen LogP contribution in [-0.4, -0.2) is 39.5 Å². The molecule has 0 unspecified atom stereocenters. The fourth-order valence-corrected chi connectivity index (χ4v) is 4.46. The molecule has 0 aliphatic heterocycles. The summed E-state index contributed by atoms with van der Waals surface area (Å²) in [5.74, 6) is -0.152. The van der Waals surface area contributed by atoms with E-state index in [-0.39, 0.29) is 30.5 Å². The smallest absolute Gasteiger partial charge is 0.330 e. The SMILES string of the molecule is CCCCn1c(N)c(N(Cc2ccccc2)C(=O)CN(CC)C2CCCC2)c(=O)[nH]c1=O. The van der Waals surface area contributed by atoms with Crippen LogP contribution in [0.3, 0.4) is 0 Å². The van der Waals surface area contributed by atoms with Crippen LogP contribution in [-0.2, 0) is 17.9 Å². The summed E-state index contributed by atoms with van der Waals surface area (Å²) in [6, 6.07) is 9.89. The summed E-state index contributed by atoms with van der Waals surface area (Å²) in [7, 11) is 0. The molecular weight excluding hydrogens is 406 g/mol. The third-order valence-electron chi connectivity index (χ3n) is 6.29. The van der Waals surface area contributed by atoms with E-state index in [9.17, 15) is 14.4 Å². The van der Waals surface area contributed by atoms with Crippen LogP contribution in [0.5, 0.6) is 0 Å². The summed E-state index contributed by atoms with van der Waals surface area (Å²) < 4.78 is 1.36. The Morgan fingerprint density at radius 3 is 2.47 bits per heavy atom. The quantitative estimate of drug-likeness (QED) is 0.590. The zero-order valence-electron chi connectivity index (χ0n) is 19.2. The number of benzene rings is 1. The van der Waals surface area contributed by atoms with E-state index in [1.807, 2.05) is 37.3 Å². The van der Waals surface area contributed by atoms with Crippen molar-refractivity contribution >= 4 is 17.4 Å². The summed E-state index contributed by atoms with van der Waals surface area (Å²) in [4.78, 5) is 44.8. The van der Waals surface area contributed by atoms with E-state index in [1.54, 1.807) is 0 Å². The van der Waals surface area contributed by atoms with E-state index >= 15 is 0 Å². The molecule has 1 amide bonds. The maximum atomic E-state index is 13.6. The Morgan fingerprint density at radius 2 is 1.84 bits per heavy atom. The van der Waals surface area contributed by atoms with E-state index < -0.39 is 11.2 Å². The summed E-state index contributed by atoms with van der Waals surface area (Å²) in [5, 5.41) is 0. The first-order chi connectivity index (χ1) is 15.5. The molecule has 0 radical (unpaired) electrons. The molecule has 0 saturated heterocycles. The number of amides is 1. The molecule has 1 fully saturated rings. The largest absolute Gasteiger partial charge is 0.383 e. The monoisotopic (exact) mass is 441 g/mol. The second-order valence-electron chi connectivity index (χ2n) is 8.47. The molecule has 0 atom stereocenters. The Hall–Kier alpha value is -2.87. The highest BCUT2D eigenvalue weighted by molar-refractivity contribution is 5.96. The Morgan fingerprint density at radius 1 is 1.16 bits per heavy atom. The molecule has 1 aliphatic carbocycles. The van der Waals surface area contributed by atoms with Crippen LogP contribution < -0.4 is 21.9 Å². The fraction of sp³-hybridized carbons (Fsp3) is 0.542. The van der Waals surface area contributed by atoms with Gasteiger partial charge in [-0.25, -0.2) is 4.79 Å². The number of hydrogen-bond donors (Lipinski definition) is 2. The van der Waals surface area contributed by atoms with Crippen molar-refractivity contribution in [3.05, 3.63) is 56.7 Å². The predicted molar refractivity (Wildman–Crippen MR) is 128 cm³/mol. The van der Waals surface area contributed by atoms with Gasteiger partial charge < -0.3 is 5.73 Å². The van der Waals surface area contributed by atoms with Gasteiger partial charge in [-0.1, -0.05) is 63.4 Å². The molecule has 0 bridgehead atoms. The van der Waals surface area contributed by atoms with Gasteiger partial charge in [-0.05, 0) is 31.4 Å². The topological polar surface area (TPSA) is 104 Å². The molecule has 1 aliphatic rings. The number of nitrogens with zero attached hydrogens (tertiary/aromatic N) is 3. The number of rotatable bonds is 10. The van der Waals surface area contributed by atoms with Crippen molar-refractivity contribution in [2.24, 2.45) is 0 Å². The van der Waals surface area contributed by atoms with Crippen molar-refractivity contribution in [1.82, 2.24) is 14.5 Å². The molecule has 2 aromatic rings. The number of likely N-dealkylation sites (N-methyl/N-ethyl adjacent to an activating group) is 1. The number of anilines is 2. The molecule has 8 nitrogen and oxygen atoms in total. The van der Waals surface area contributed by atoms with E-state index in [0.717, 1.165) is 37.8 Å². The van der Waals surface area contributed by atoms with E-state index in [0.29, 0.717) is 12.6 Å². The standard InChI is InChI=1S/C24H35N5O3/c1-3-5-15-28-22(25)21(23(31)26-24(28)32)29(16-18-11-7-6-8-12-18)20(30)17-27(4-2)19-13-9-10-14-19/h6-8,11-12,19H,3-5,9-10,13-17,25H2,1-2H3,(H,26,31,32). The van der Waals surface area contributed by atoms with Crippen LogP contribution in [0, 0.1) is 0 Å². The molecule has 1 aromatic carbocycles. The number of aromatic amines is 1. The maximum Gasteiger partial charge on any atom is 0.330 e. The van der Waals surface area contributed by atoms with Crippen LogP contribution in [0.1, 0.15) is 57.9 Å². The minimum atomic E-state index is -0.631. The lowest BCUT2D eigenvalue weighted by Crippen LogP contribution is -2.46. The van der Waals surface area contributed by atoms with Gasteiger partial charge in [-0.15, -0.1) is 0 Å². The lowest BCUT2D eigenvalue weighted by atomic mass is 10.2. The van der Waals surface area contributed by atoms with Gasteiger partial charge in [0, 0.05) is 12.6 Å². The van der Waals surface area contributed by atoms with Crippen molar-refractivity contribution in [3.63, 3.8) is 0 Å². The Kier molecular flexibility index (Phi) is 8.27. The van der Waals surface area contributed by atoms with Crippen LogP contribution >= 0.6 is 0 Å². The number of carbonyl (C=O) groups is 1. The molecule has 1 aromatic heterocycles. The highest BCUT2D eigenvalue weighted by Gasteiger charge is 2.29. The summed E-state index contributed by atoms with van der Waals surface area (Å²) in [6.45, 7) is 5.64. The van der Waals surface area contributed by atoms with Gasteiger partial charge in [0.05, 0.1) is 13.1 Å². The zero-order valence-corrected chi connectivity index (χ0v) is 19.2. The summed E-state index contributed by atoms with van der Waals surface area (Å²) in [6.07, 6.45) is 6.15. The Labute approximate surface area is 189 Å². The molecule has 3 N–H and O–H groups in total. The van der Waals surface area contributed by atoms with Gasteiger partial charge in [-0.3, -0.25) is 28.9 Å². The summed E-state index contributed by atoms with van der Waals surface area (Å²) in [5.41, 5.74) is 6.10. The van der Waals surface area contributed by atoms with Gasteiger partial charge >= 0.3 is 5.69 Å². The molecule has 8 heteroatoms. The molecule has 1 heterocycles. The average molecular weight is 442 g/mol. The van der Waals surface area contributed by atoms with Gasteiger partial charge in [0.25, 0.3) is 5.56 Å². The number of nitrogen functional groups attached to an aromatic ring is 1. The highest BCUT2D eigenvalue weighted by Crippen LogP contribution is 2.25. The van der Waals surface area contributed by atoms with E-state index in [4.69, 9.17) is 5.73 Å². The molecular formula is C24H35N5O3. The lowest BCUT2D eigenvalue weighted by molar-refractivity contribution is -0.120. The van der Waals surface area contributed by atoms with Crippen LogP contribution in [0.25, 0.3) is 0 Å². The summed E-state index contributed by atoms with van der Waals surface area (Å²) >= 11 is 0. The van der Waals surface area contributed by atoms with Crippen molar-refractivity contribution in [1.29, 1.82) is 0 Å². The molecule has 1 saturated carbocycles. The second-order valence-corrected chi connectivity index (χ2v) is 8.47. The number of carbonyl (C=O) groups excluding carboxylic acids is 1. The van der Waals surface area contributed by atoms with Gasteiger partial charge in [0.1, 0.15) is 5.82 Å². The second kappa shape index (κ2) is 11.1. The number of hydrogen-bond acceptors (Lipinski definition) is 5. The first kappa shape index (κ1) is 23.8. The van der Waals surface area contributed by atoms with E-state index in [1.165, 1.54) is 22.3 Å². The van der Waals surface area contributed by atoms with Crippen LogP contribution in [0.2, 0.25) is 0 Å². The normalized spacial score (nSPS) is 14.2. The molecule has 0 spiro atoms. The van der Waals surface area contributed by atoms with Crippen molar-refractivity contribution in [2.75, 3.05) is 23.7 Å². The average Bonchev–Trinajstić information content (AvgIpc) is 3.32. The number of H-pyrrole nitrogens is 1. The van der Waals surface area contributed by atoms with Gasteiger partial charge in [-0.2, -0.15) is 0 Å². The third-order valence-corrected chi connectivity index (χ3v) is 6.29. The van der Waals surface area contributed by atoms with E-state index in [2.05, 4.69) is 16.8 Å². The van der Waals surface area contributed by atoms with Crippen molar-refractivity contribution in [3.8, 4) is 0 Å². The molecule has 3 rings (SSSR count). The number of nitrogens with one attached hydrogen (secondary N) is 1. The minimum Gasteiger partial charge on any atom is -0.383 e. The van der Waals surface area contributed by atoms with Crippen LogP contribution in [0.15, 0.2) is 39.9 Å². The first-order valence-electron chi connectivity index (χ1n) is 11.7. The zero-order chi connectivity index (χ0) is 23.1. The number of nitrogens with two attached hydrogens (primary N) is 1. The first-order valence-corrected chi connectivity index (χ1v) is 11.7. The predicted octanol–water partition coefficient (Wildman–Crippen LogP) is 2.72. The lowest BCUT2D eigenvalue weighted by Gasteiger charge is -2.31. The Balaban J connectivity index is 2.00. The highest BCUT2D eigenvalue weighted by atomic mass is 16.2. The van der Waals surface area contributed by atoms with Gasteiger partial charge in [0.2, 0.25) is 5.91 Å². The molecule has 32 heavy (non-hydrogen) atoms. The van der Waals surface area contributed by atoms with Crippen molar-refractivity contribution in [2.45, 2.75) is 71.5 Å². The minimum absolute atomic E-state index is 0.0420. The van der Waals surface area contributed by atoms with Crippen LogP contribution in [0.4, 0.5) is 11.5 Å². The van der Waals surface area contributed by atoms with Gasteiger partial charge in [0.15, 0.2) is 5.69 Å².